The molecule has 18 nitrogen and oxygen atoms in total. The van der Waals surface area contributed by atoms with Crippen molar-refractivity contribution in [1.29, 1.82) is 0 Å². The summed E-state index contributed by atoms with van der Waals surface area (Å²) in [5, 5.41) is 33.0. The zero-order valence-electron chi connectivity index (χ0n) is 26.6. The largest absolute Gasteiger partial charge is 0.494 e. The molecule has 0 bridgehead atoms. The minimum absolute atomic E-state index is 0.0457. The van der Waals surface area contributed by atoms with Crippen molar-refractivity contribution in [2.45, 2.75) is 9.79 Å². The molecule has 20 heteroatoms. The van der Waals surface area contributed by atoms with Crippen molar-refractivity contribution in [2.75, 3.05) is 21.1 Å². The van der Waals surface area contributed by atoms with Gasteiger partial charge in [0.1, 0.15) is 9.79 Å². The van der Waals surface area contributed by atoms with E-state index in [1.807, 2.05) is 0 Å². The molecule has 0 saturated carbocycles. The first-order valence-electron chi connectivity index (χ1n) is 15.0. The van der Waals surface area contributed by atoms with E-state index in [-0.39, 0.29) is 34.3 Å². The monoisotopic (exact) mass is 746 g/mol. The molecule has 6 rings (SSSR count). The van der Waals surface area contributed by atoms with Crippen LogP contribution in [0.2, 0.25) is 0 Å². The topological polar surface area (TPSA) is 235 Å². The van der Waals surface area contributed by atoms with Gasteiger partial charge >= 0.3 is 0 Å². The van der Waals surface area contributed by atoms with Crippen LogP contribution in [0.5, 0.6) is 0 Å². The highest BCUT2D eigenvalue weighted by atomic mass is 32.2. The number of aliphatic hydroxyl groups is 2. The van der Waals surface area contributed by atoms with Gasteiger partial charge in [-0.2, -0.15) is 27.1 Å². The van der Waals surface area contributed by atoms with Gasteiger partial charge in [-0.1, -0.05) is 71.1 Å². The quantitative estimate of drug-likeness (QED) is 0.0575. The fraction of sp³-hybridized carbons (Fsp3) is 0. The summed E-state index contributed by atoms with van der Waals surface area (Å²) < 4.78 is 71.2. The number of benzene rings is 4. The molecule has 2 heterocycles. The molecule has 0 amide bonds. The molecule has 0 saturated heterocycles. The molecule has 2 aliphatic heterocycles. The first-order chi connectivity index (χ1) is 24.8. The number of hydrogen-bond acceptors (Lipinski definition) is 16. The fourth-order valence-corrected chi connectivity index (χ4v) is 6.21. The number of rotatable bonds is 12. The van der Waals surface area contributed by atoms with E-state index >= 15 is 0 Å². The van der Waals surface area contributed by atoms with Crippen molar-refractivity contribution in [3.05, 3.63) is 132 Å². The molecule has 4 aromatic carbocycles. The summed E-state index contributed by atoms with van der Waals surface area (Å²) in [4.78, 5) is -1.13. The van der Waals surface area contributed by atoms with Crippen LogP contribution in [0, 0.1) is 0 Å². The highest BCUT2D eigenvalue weighted by Gasteiger charge is 2.24. The van der Waals surface area contributed by atoms with Gasteiger partial charge in [0.25, 0.3) is 20.2 Å². The van der Waals surface area contributed by atoms with E-state index in [9.17, 15) is 36.2 Å². The van der Waals surface area contributed by atoms with Gasteiger partial charge in [-0.05, 0) is 59.7 Å². The number of anilines is 4. The Hall–Kier alpha value is -6.74. The maximum absolute atomic E-state index is 12.7. The molecule has 0 spiro atoms. The zero-order chi connectivity index (χ0) is 36.9. The summed E-state index contributed by atoms with van der Waals surface area (Å²) in [7, 11) is -9.78. The second kappa shape index (κ2) is 14.6. The standard InChI is InChI=1S/C32H30N10O8S2/c43-31-17-19-33-41(37-31)39(35-25-7-3-1-4-8-25)27-15-13-23(29(21-27)51(45,46)47)11-12-24-14-16-28(22-30(24)52(48,49)50)40(36-26-9-5-2-6-10-26)42-34-20-18-32(44)38-42/h1-22,35-38,43-44H,(H,45,46,47)(H,48,49,50)/b12-11+. The summed E-state index contributed by atoms with van der Waals surface area (Å²) in [6, 6.07) is 25.4. The molecular weight excluding hydrogens is 717 g/mol. The van der Waals surface area contributed by atoms with Gasteiger partial charge in [-0.25, -0.2) is 10.9 Å². The maximum Gasteiger partial charge on any atom is 0.295 e. The van der Waals surface area contributed by atoms with E-state index in [0.29, 0.717) is 11.4 Å². The maximum atomic E-state index is 12.7. The van der Waals surface area contributed by atoms with Crippen molar-refractivity contribution in [2.24, 2.45) is 10.2 Å². The lowest BCUT2D eigenvalue weighted by atomic mass is 10.1. The molecule has 0 unspecified atom stereocenters. The highest BCUT2D eigenvalue weighted by molar-refractivity contribution is 7.86. The van der Waals surface area contributed by atoms with Gasteiger partial charge < -0.3 is 10.2 Å². The van der Waals surface area contributed by atoms with Crippen LogP contribution in [0.1, 0.15) is 11.1 Å². The second-order valence-electron chi connectivity index (χ2n) is 10.7. The SMILES string of the molecule is O=S(=O)(O)c1cc(N(Nc2ccccc2)N2N=CC=C(O)N2)ccc1/C=C/c1ccc(N(Nc2ccccc2)N2N=CC=C(O)N2)cc1S(=O)(=O)O. The Kier molecular flexibility index (Phi) is 9.87. The number of hydrazine groups is 6. The Labute approximate surface area is 297 Å². The number of para-hydroxylation sites is 2. The van der Waals surface area contributed by atoms with E-state index in [4.69, 9.17) is 0 Å². The number of aliphatic hydroxyl groups excluding tert-OH is 2. The van der Waals surface area contributed by atoms with E-state index in [1.165, 1.54) is 71.2 Å². The van der Waals surface area contributed by atoms with Gasteiger partial charge in [-0.15, -0.1) is 10.2 Å². The van der Waals surface area contributed by atoms with Crippen molar-refractivity contribution >= 4 is 67.6 Å². The predicted octanol–water partition coefficient (Wildman–Crippen LogP) is 4.26. The summed E-state index contributed by atoms with van der Waals surface area (Å²) in [6.07, 6.45) is 7.66. The molecular formula is C32H30N10O8S2. The molecule has 268 valence electrons. The Morgan fingerprint density at radius 2 is 0.981 bits per heavy atom. The van der Waals surface area contributed by atoms with Gasteiger partial charge in [0, 0.05) is 12.2 Å². The van der Waals surface area contributed by atoms with E-state index in [1.54, 1.807) is 60.7 Å². The summed E-state index contributed by atoms with van der Waals surface area (Å²) in [5.41, 5.74) is 12.6. The van der Waals surface area contributed by atoms with Gasteiger partial charge in [0.05, 0.1) is 35.2 Å². The average Bonchev–Trinajstić information content (AvgIpc) is 3.12. The van der Waals surface area contributed by atoms with Crippen LogP contribution < -0.4 is 31.9 Å². The van der Waals surface area contributed by atoms with Gasteiger partial charge in [0.15, 0.2) is 0 Å². The third-order valence-corrected chi connectivity index (χ3v) is 8.94. The number of nitrogens with one attached hydrogen (secondary N) is 4. The van der Waals surface area contributed by atoms with Crippen molar-refractivity contribution in [1.82, 2.24) is 21.3 Å². The van der Waals surface area contributed by atoms with Crippen molar-refractivity contribution < 1.29 is 36.2 Å². The van der Waals surface area contributed by atoms with E-state index in [0.717, 1.165) is 22.6 Å². The van der Waals surface area contributed by atoms with Crippen molar-refractivity contribution in [3.63, 3.8) is 0 Å². The minimum atomic E-state index is -4.89. The third-order valence-electron chi connectivity index (χ3n) is 7.12. The van der Waals surface area contributed by atoms with Crippen LogP contribution in [-0.2, 0) is 20.2 Å². The van der Waals surface area contributed by atoms with Crippen molar-refractivity contribution in [3.8, 4) is 0 Å². The smallest absolute Gasteiger partial charge is 0.295 e. The van der Waals surface area contributed by atoms with Crippen LogP contribution >= 0.6 is 0 Å². The molecule has 2 aliphatic rings. The van der Waals surface area contributed by atoms with Crippen LogP contribution in [0.4, 0.5) is 22.7 Å². The third kappa shape index (κ3) is 8.34. The lowest BCUT2D eigenvalue weighted by Crippen LogP contribution is -2.51. The van der Waals surface area contributed by atoms with Crippen LogP contribution in [0.3, 0.4) is 0 Å². The first-order valence-corrected chi connectivity index (χ1v) is 17.9. The molecule has 0 radical (unpaired) electrons. The molecule has 52 heavy (non-hydrogen) atoms. The Morgan fingerprint density at radius 1 is 0.596 bits per heavy atom. The number of nitrogens with zero attached hydrogens (tertiary/aromatic N) is 6. The summed E-state index contributed by atoms with van der Waals surface area (Å²) in [6.45, 7) is 0. The highest BCUT2D eigenvalue weighted by Crippen LogP contribution is 2.30. The average molecular weight is 747 g/mol. The Bertz CT molecular complexity index is 2160. The Morgan fingerprint density at radius 3 is 1.33 bits per heavy atom. The zero-order valence-corrected chi connectivity index (χ0v) is 28.3. The normalized spacial score (nSPS) is 14.3. The first kappa shape index (κ1) is 35.1. The summed E-state index contributed by atoms with van der Waals surface area (Å²) >= 11 is 0. The molecule has 0 fully saturated rings. The predicted molar refractivity (Wildman–Crippen MR) is 195 cm³/mol. The van der Waals surface area contributed by atoms with E-state index in [2.05, 4.69) is 31.9 Å². The van der Waals surface area contributed by atoms with Crippen LogP contribution in [0.25, 0.3) is 12.2 Å². The second-order valence-corrected chi connectivity index (χ2v) is 13.5. The van der Waals surface area contributed by atoms with Crippen LogP contribution in [-0.4, -0.2) is 59.0 Å². The van der Waals surface area contributed by atoms with Crippen LogP contribution in [0.15, 0.2) is 141 Å². The Balaban J connectivity index is 1.37. The molecule has 0 aliphatic carbocycles. The lowest BCUT2D eigenvalue weighted by molar-refractivity contribution is 0.158. The number of hydrogen-bond donors (Lipinski definition) is 8. The molecule has 0 atom stereocenters. The van der Waals surface area contributed by atoms with Gasteiger partial charge in [-0.3, -0.25) is 20.0 Å². The molecule has 4 aromatic rings. The number of hydrazone groups is 2. The van der Waals surface area contributed by atoms with Gasteiger partial charge in [0.2, 0.25) is 11.8 Å². The number of allylic oxidation sites excluding steroid dienone is 2. The summed E-state index contributed by atoms with van der Waals surface area (Å²) in [5.74, 6) is -0.530. The molecule has 0 aromatic heterocycles. The van der Waals surface area contributed by atoms with E-state index < -0.39 is 30.0 Å². The minimum Gasteiger partial charge on any atom is -0.494 e. The molecule has 8 N–H and O–H groups in total. The lowest BCUT2D eigenvalue weighted by Gasteiger charge is -2.35. The fourth-order valence-electron chi connectivity index (χ4n) is 4.80.